The second-order valence-corrected chi connectivity index (χ2v) is 7.46. The van der Waals surface area contributed by atoms with Crippen molar-refractivity contribution in [3.05, 3.63) is 23.9 Å². The Hall–Kier alpha value is -1.55. The Morgan fingerprint density at radius 2 is 2.09 bits per heavy atom. The van der Waals surface area contributed by atoms with Gasteiger partial charge in [0.1, 0.15) is 0 Å². The van der Waals surface area contributed by atoms with Gasteiger partial charge in [0.05, 0.1) is 18.8 Å². The van der Waals surface area contributed by atoms with E-state index < -0.39 is 10.0 Å². The highest BCUT2D eigenvalue weighted by Crippen LogP contribution is 2.28. The van der Waals surface area contributed by atoms with Crippen molar-refractivity contribution in [3.63, 3.8) is 0 Å². The van der Waals surface area contributed by atoms with E-state index in [1.165, 1.54) is 25.4 Å². The molecule has 2 fully saturated rings. The summed E-state index contributed by atoms with van der Waals surface area (Å²) in [5.41, 5.74) is 0.354. The van der Waals surface area contributed by atoms with E-state index in [9.17, 15) is 13.2 Å². The quantitative estimate of drug-likeness (QED) is 0.727. The van der Waals surface area contributed by atoms with Crippen LogP contribution in [-0.4, -0.2) is 69.6 Å². The Morgan fingerprint density at radius 3 is 2.70 bits per heavy atom. The molecule has 3 rings (SSSR count). The van der Waals surface area contributed by atoms with Crippen LogP contribution in [0.25, 0.3) is 0 Å². The van der Waals surface area contributed by atoms with Crippen LogP contribution in [-0.2, 0) is 14.8 Å². The number of aromatic nitrogens is 1. The first-order valence-electron chi connectivity index (χ1n) is 7.53. The normalized spacial score (nSPS) is 25.1. The van der Waals surface area contributed by atoms with E-state index in [4.69, 9.17) is 4.74 Å². The number of sulfonamides is 1. The highest BCUT2D eigenvalue weighted by molar-refractivity contribution is 7.89. The minimum absolute atomic E-state index is 0.103. The molecular weight excluding hydrogens is 320 g/mol. The molecule has 8 nitrogen and oxygen atoms in total. The van der Waals surface area contributed by atoms with Crippen molar-refractivity contribution in [3.8, 4) is 0 Å². The Morgan fingerprint density at radius 1 is 1.35 bits per heavy atom. The van der Waals surface area contributed by atoms with E-state index in [1.54, 1.807) is 0 Å². The predicted molar refractivity (Wildman–Crippen MR) is 82.5 cm³/mol. The molecule has 1 aliphatic carbocycles. The van der Waals surface area contributed by atoms with E-state index >= 15 is 0 Å². The number of nitrogens with one attached hydrogen (secondary N) is 2. The molecule has 2 heterocycles. The van der Waals surface area contributed by atoms with Crippen LogP contribution in [0.2, 0.25) is 0 Å². The van der Waals surface area contributed by atoms with Gasteiger partial charge in [0, 0.05) is 31.4 Å². The number of hydrogen-bond acceptors (Lipinski definition) is 6. The largest absolute Gasteiger partial charge is 0.379 e. The van der Waals surface area contributed by atoms with Crippen LogP contribution in [0.15, 0.2) is 23.4 Å². The van der Waals surface area contributed by atoms with Crippen LogP contribution < -0.4 is 10.0 Å². The summed E-state index contributed by atoms with van der Waals surface area (Å²) in [6.07, 6.45) is 2.22. The molecule has 9 heteroatoms. The van der Waals surface area contributed by atoms with Crippen LogP contribution in [0.5, 0.6) is 0 Å². The van der Waals surface area contributed by atoms with Crippen molar-refractivity contribution in [1.82, 2.24) is 19.9 Å². The molecule has 126 valence electrons. The molecule has 1 aromatic rings. The van der Waals surface area contributed by atoms with Gasteiger partial charge in [-0.2, -0.15) is 0 Å². The molecule has 1 aromatic heterocycles. The summed E-state index contributed by atoms with van der Waals surface area (Å²) >= 11 is 0. The van der Waals surface area contributed by atoms with E-state index in [1.807, 2.05) is 0 Å². The van der Waals surface area contributed by atoms with Gasteiger partial charge < -0.3 is 10.1 Å². The molecule has 1 aliphatic heterocycles. The molecule has 2 atom stereocenters. The first-order chi connectivity index (χ1) is 11.0. The zero-order chi connectivity index (χ0) is 16.4. The van der Waals surface area contributed by atoms with E-state index in [2.05, 4.69) is 19.9 Å². The molecule has 23 heavy (non-hydrogen) atoms. The molecule has 1 saturated carbocycles. The van der Waals surface area contributed by atoms with Gasteiger partial charge >= 0.3 is 0 Å². The summed E-state index contributed by atoms with van der Waals surface area (Å²) in [4.78, 5) is 18.4. The maximum atomic E-state index is 12.2. The number of pyridine rings is 1. The summed E-state index contributed by atoms with van der Waals surface area (Å²) in [5.74, 6) is -0.230. The third-order valence-corrected chi connectivity index (χ3v) is 5.46. The van der Waals surface area contributed by atoms with Crippen molar-refractivity contribution in [2.45, 2.75) is 23.5 Å². The number of hydrogen-bond donors (Lipinski definition) is 2. The maximum Gasteiger partial charge on any atom is 0.257 e. The maximum absolute atomic E-state index is 12.2. The van der Waals surface area contributed by atoms with Crippen LogP contribution in [0.3, 0.4) is 0 Å². The van der Waals surface area contributed by atoms with Crippen molar-refractivity contribution in [2.75, 3.05) is 33.4 Å². The van der Waals surface area contributed by atoms with Crippen molar-refractivity contribution >= 4 is 15.9 Å². The second-order valence-electron chi connectivity index (χ2n) is 5.62. The molecule has 1 saturated heterocycles. The molecule has 0 radical (unpaired) electrons. The van der Waals surface area contributed by atoms with Gasteiger partial charge in [-0.1, -0.05) is 0 Å². The van der Waals surface area contributed by atoms with E-state index in [0.717, 1.165) is 32.7 Å². The topological polar surface area (TPSA) is 101 Å². The highest BCUT2D eigenvalue weighted by atomic mass is 32.2. The monoisotopic (exact) mass is 340 g/mol. The minimum atomic E-state index is -3.59. The molecule has 0 aromatic carbocycles. The van der Waals surface area contributed by atoms with Crippen molar-refractivity contribution in [1.29, 1.82) is 0 Å². The number of rotatable bonds is 5. The number of nitrogens with zero attached hydrogens (tertiary/aromatic N) is 2. The number of amides is 1. The lowest BCUT2D eigenvalue weighted by Gasteiger charge is -2.26. The molecule has 0 spiro atoms. The Balaban J connectivity index is 1.57. The van der Waals surface area contributed by atoms with Gasteiger partial charge in [0.15, 0.2) is 5.03 Å². The van der Waals surface area contributed by atoms with Crippen LogP contribution in [0, 0.1) is 0 Å². The lowest BCUT2D eigenvalue weighted by atomic mass is 10.2. The van der Waals surface area contributed by atoms with Crippen molar-refractivity contribution in [2.24, 2.45) is 0 Å². The summed E-state index contributed by atoms with van der Waals surface area (Å²) in [6.45, 7) is 3.27. The van der Waals surface area contributed by atoms with Crippen LogP contribution in [0.1, 0.15) is 16.8 Å². The average Bonchev–Trinajstić information content (AvgIpc) is 3.35. The highest BCUT2D eigenvalue weighted by Gasteiger charge is 2.43. The molecule has 0 unspecified atom stereocenters. The average molecular weight is 340 g/mol. The second kappa shape index (κ2) is 6.52. The number of ether oxygens (including phenoxy) is 1. The fourth-order valence-electron chi connectivity index (χ4n) is 2.68. The summed E-state index contributed by atoms with van der Waals surface area (Å²) in [6, 6.07) is 3.31. The van der Waals surface area contributed by atoms with Gasteiger partial charge in [-0.05, 0) is 25.6 Å². The number of carbonyl (C=O) groups is 1. The smallest absolute Gasteiger partial charge is 0.257 e. The summed E-state index contributed by atoms with van der Waals surface area (Å²) in [5, 5.41) is 2.86. The Labute approximate surface area is 135 Å². The summed E-state index contributed by atoms with van der Waals surface area (Å²) in [7, 11) is -2.27. The van der Waals surface area contributed by atoms with Gasteiger partial charge in [-0.15, -0.1) is 0 Å². The van der Waals surface area contributed by atoms with Gasteiger partial charge in [0.25, 0.3) is 15.9 Å². The van der Waals surface area contributed by atoms with Crippen molar-refractivity contribution < 1.29 is 17.9 Å². The van der Waals surface area contributed by atoms with Gasteiger partial charge in [-0.3, -0.25) is 9.69 Å². The minimum Gasteiger partial charge on any atom is -0.379 e. The van der Waals surface area contributed by atoms with E-state index in [-0.39, 0.29) is 17.0 Å². The van der Waals surface area contributed by atoms with Gasteiger partial charge in [-0.25, -0.2) is 18.1 Å². The van der Waals surface area contributed by atoms with E-state index in [0.29, 0.717) is 11.6 Å². The number of morpholine rings is 1. The lowest BCUT2D eigenvalue weighted by molar-refractivity contribution is 0.0325. The number of carbonyl (C=O) groups excluding carboxylic acids is 1. The third-order valence-electron chi connectivity index (χ3n) is 4.13. The fraction of sp³-hybridized carbons (Fsp3) is 0.571. The molecule has 2 N–H and O–H groups in total. The summed E-state index contributed by atoms with van der Waals surface area (Å²) < 4.78 is 30.7. The molecule has 0 bridgehead atoms. The standard InChI is InChI=1S/C14H20N4O4S/c1-15-23(20,21)13-3-2-10(9-16-13)14(19)17-11-8-12(11)18-4-6-22-7-5-18/h2-3,9,11-12,15H,4-8H2,1H3,(H,17,19)/t11-,12+/m1/s1. The molecule has 2 aliphatic rings. The Kier molecular flexibility index (Phi) is 4.62. The molecular formula is C14H20N4O4S. The molecule has 1 amide bonds. The fourth-order valence-corrected chi connectivity index (χ4v) is 3.33. The lowest BCUT2D eigenvalue weighted by Crippen LogP contribution is -2.41. The first-order valence-corrected chi connectivity index (χ1v) is 9.02. The SMILES string of the molecule is CNS(=O)(=O)c1ccc(C(=O)N[C@@H]2C[C@@H]2N2CCOCC2)cn1. The van der Waals surface area contributed by atoms with Crippen LogP contribution >= 0.6 is 0 Å². The van der Waals surface area contributed by atoms with Crippen LogP contribution in [0.4, 0.5) is 0 Å². The zero-order valence-electron chi connectivity index (χ0n) is 12.9. The Bertz CT molecular complexity index is 671. The first kappa shape index (κ1) is 16.3. The predicted octanol–water partition coefficient (Wildman–Crippen LogP) is -0.807. The zero-order valence-corrected chi connectivity index (χ0v) is 13.7. The van der Waals surface area contributed by atoms with Gasteiger partial charge in [0.2, 0.25) is 0 Å². The third kappa shape index (κ3) is 3.69.